The average Bonchev–Trinajstić information content (AvgIpc) is 3.36. The van der Waals surface area contributed by atoms with Crippen LogP contribution < -0.4 is 16.0 Å². The van der Waals surface area contributed by atoms with Crippen molar-refractivity contribution in [3.05, 3.63) is 40.4 Å². The second-order valence-electron chi connectivity index (χ2n) is 12.8. The summed E-state index contributed by atoms with van der Waals surface area (Å²) in [4.78, 5) is 74.2. The predicted molar refractivity (Wildman–Crippen MR) is 181 cm³/mol. The van der Waals surface area contributed by atoms with E-state index in [0.29, 0.717) is 60.4 Å². The van der Waals surface area contributed by atoms with Crippen molar-refractivity contribution in [2.75, 3.05) is 43.4 Å². The van der Waals surface area contributed by atoms with Crippen molar-refractivity contribution in [2.24, 2.45) is 4.99 Å². The van der Waals surface area contributed by atoms with Gasteiger partial charge in [0.05, 0.1) is 12.3 Å². The molecule has 3 N–H and O–H groups in total. The molecule has 16 heteroatoms. The zero-order valence-electron chi connectivity index (χ0n) is 28.7. The zero-order valence-corrected chi connectivity index (χ0v) is 29.5. The van der Waals surface area contributed by atoms with Gasteiger partial charge in [0.25, 0.3) is 5.91 Å². The minimum Gasteiger partial charge on any atom is -0.450 e. The molecule has 0 unspecified atom stereocenters. The zero-order chi connectivity index (χ0) is 35.6. The van der Waals surface area contributed by atoms with Crippen LogP contribution in [-0.2, 0) is 31.8 Å². The number of thiazole rings is 1. The van der Waals surface area contributed by atoms with Gasteiger partial charge in [0.15, 0.2) is 5.13 Å². The first-order chi connectivity index (χ1) is 22.4. The first kappa shape index (κ1) is 37.7. The molecule has 262 valence electrons. The quantitative estimate of drug-likeness (QED) is 0.203. The standard InChI is InChI=1S/C32H45N7O8S/c1-9-45-30(44)39-18-16-38(17-19-39)25(41)24-23(35-27(48-24)33-20(2)40)15-12-21-10-13-22(14-11-21)34-26(36-28(42)46-31(3,4)5)37-29(43)47-32(6,7)8/h10-11,13-14H,9,12,15-19H2,1-8H3,(H,33,35,40)(H2,34,36,37,42,43). The Balaban J connectivity index is 1.71. The van der Waals surface area contributed by atoms with Gasteiger partial charge in [-0.15, -0.1) is 4.99 Å². The average molecular weight is 688 g/mol. The van der Waals surface area contributed by atoms with Crippen molar-refractivity contribution in [2.45, 2.75) is 79.4 Å². The molecule has 0 spiro atoms. The summed E-state index contributed by atoms with van der Waals surface area (Å²) in [6.07, 6.45) is -1.16. The summed E-state index contributed by atoms with van der Waals surface area (Å²) in [6, 6.07) is 7.18. The molecule has 0 saturated carbocycles. The summed E-state index contributed by atoms with van der Waals surface area (Å²) in [5, 5.41) is 8.37. The molecule has 0 radical (unpaired) electrons. The summed E-state index contributed by atoms with van der Waals surface area (Å²) in [6.45, 7) is 15.0. The van der Waals surface area contributed by atoms with Gasteiger partial charge in [-0.1, -0.05) is 23.5 Å². The van der Waals surface area contributed by atoms with Gasteiger partial charge in [0.1, 0.15) is 16.1 Å². The highest BCUT2D eigenvalue weighted by Crippen LogP contribution is 2.27. The van der Waals surface area contributed by atoms with E-state index in [2.05, 4.69) is 25.9 Å². The highest BCUT2D eigenvalue weighted by atomic mass is 32.1. The van der Waals surface area contributed by atoms with E-state index in [-0.39, 0.29) is 24.4 Å². The molecule has 1 saturated heterocycles. The number of aromatic nitrogens is 1. The third-order valence-corrected chi connectivity index (χ3v) is 7.35. The van der Waals surface area contributed by atoms with E-state index >= 15 is 0 Å². The molecule has 48 heavy (non-hydrogen) atoms. The van der Waals surface area contributed by atoms with Gasteiger partial charge in [-0.25, -0.2) is 19.4 Å². The smallest absolute Gasteiger partial charge is 0.437 e. The first-order valence-electron chi connectivity index (χ1n) is 15.6. The summed E-state index contributed by atoms with van der Waals surface area (Å²) in [5.41, 5.74) is 0.436. The van der Waals surface area contributed by atoms with Crippen molar-refractivity contribution >= 4 is 58.2 Å². The molecule has 1 aliphatic heterocycles. The second kappa shape index (κ2) is 16.4. The molecule has 3 rings (SSSR count). The van der Waals surface area contributed by atoms with Gasteiger partial charge in [-0.2, -0.15) is 0 Å². The lowest BCUT2D eigenvalue weighted by atomic mass is 10.1. The number of aliphatic imine (C=N–C) groups is 1. The Morgan fingerprint density at radius 3 is 2.04 bits per heavy atom. The van der Waals surface area contributed by atoms with Crippen LogP contribution in [0.5, 0.6) is 0 Å². The maximum absolute atomic E-state index is 13.5. The summed E-state index contributed by atoms with van der Waals surface area (Å²) in [7, 11) is 0. The highest BCUT2D eigenvalue weighted by Gasteiger charge is 2.29. The summed E-state index contributed by atoms with van der Waals surface area (Å²) >= 11 is 1.12. The summed E-state index contributed by atoms with van der Waals surface area (Å²) in [5.74, 6) is -0.682. The van der Waals surface area contributed by atoms with Crippen LogP contribution in [0.15, 0.2) is 29.3 Å². The summed E-state index contributed by atoms with van der Waals surface area (Å²) < 4.78 is 15.6. The maximum atomic E-state index is 13.5. The van der Waals surface area contributed by atoms with E-state index in [1.54, 1.807) is 70.4 Å². The number of hydrogen-bond acceptors (Lipinski definition) is 10. The molecule has 1 fully saturated rings. The highest BCUT2D eigenvalue weighted by molar-refractivity contribution is 7.17. The van der Waals surface area contributed by atoms with Crippen molar-refractivity contribution < 1.29 is 38.2 Å². The van der Waals surface area contributed by atoms with E-state index in [0.717, 1.165) is 16.9 Å². The second-order valence-corrected chi connectivity index (χ2v) is 13.8. The number of nitrogens with zero attached hydrogens (tertiary/aromatic N) is 4. The van der Waals surface area contributed by atoms with Crippen LogP contribution in [0.2, 0.25) is 0 Å². The lowest BCUT2D eigenvalue weighted by Gasteiger charge is -2.33. The number of guanidine groups is 1. The van der Waals surface area contributed by atoms with Crippen LogP contribution in [0, 0.1) is 0 Å². The Hall–Kier alpha value is -4.73. The van der Waals surface area contributed by atoms with Crippen LogP contribution in [-0.4, -0.2) is 94.8 Å². The number of nitrogens with one attached hydrogen (secondary N) is 3. The molecule has 1 aliphatic rings. The third-order valence-electron chi connectivity index (χ3n) is 6.35. The number of aryl methyl sites for hydroxylation is 2. The Morgan fingerprint density at radius 1 is 0.875 bits per heavy atom. The van der Waals surface area contributed by atoms with E-state index in [1.165, 1.54) is 6.92 Å². The molecule has 0 aliphatic carbocycles. The molecular weight excluding hydrogens is 642 g/mol. The number of carbonyl (C=O) groups excluding carboxylic acids is 5. The van der Waals surface area contributed by atoms with Crippen molar-refractivity contribution in [3.8, 4) is 0 Å². The molecular formula is C32H45N7O8S. The Kier molecular flexibility index (Phi) is 12.9. The van der Waals surface area contributed by atoms with E-state index in [1.807, 2.05) is 12.1 Å². The fraction of sp³-hybridized carbons (Fsp3) is 0.531. The minimum absolute atomic E-state index is 0.175. The predicted octanol–water partition coefficient (Wildman–Crippen LogP) is 5.03. The molecule has 0 atom stereocenters. The largest absolute Gasteiger partial charge is 0.450 e. The Bertz CT molecular complexity index is 1500. The minimum atomic E-state index is -0.897. The molecule has 1 aromatic heterocycles. The molecule has 1 aromatic carbocycles. The lowest BCUT2D eigenvalue weighted by Crippen LogP contribution is -2.50. The number of carbonyl (C=O) groups is 5. The molecule has 0 bridgehead atoms. The van der Waals surface area contributed by atoms with Gasteiger partial charge in [0.2, 0.25) is 11.9 Å². The topological polar surface area (TPSA) is 181 Å². The maximum Gasteiger partial charge on any atom is 0.437 e. The van der Waals surface area contributed by atoms with Gasteiger partial charge in [-0.05, 0) is 79.0 Å². The van der Waals surface area contributed by atoms with E-state index in [4.69, 9.17) is 14.2 Å². The molecule has 15 nitrogen and oxygen atoms in total. The van der Waals surface area contributed by atoms with Gasteiger partial charge < -0.3 is 34.6 Å². The SMILES string of the molecule is CCOC(=O)N1CCN(C(=O)c2sc(NC(C)=O)nc2CCc2ccc(N/C(=N/C(=O)OC(C)(C)C)NC(=O)OC(C)(C)C)cc2)CC1. The van der Waals surface area contributed by atoms with Crippen LogP contribution in [0.25, 0.3) is 0 Å². The number of benzene rings is 1. The number of piperazine rings is 1. The first-order valence-corrected chi connectivity index (χ1v) is 16.4. The number of anilines is 2. The number of ether oxygens (including phenoxy) is 3. The van der Waals surface area contributed by atoms with Crippen LogP contribution in [0.1, 0.15) is 76.3 Å². The van der Waals surface area contributed by atoms with Crippen molar-refractivity contribution in [3.63, 3.8) is 0 Å². The number of hydrogen-bond donors (Lipinski definition) is 3. The number of amides is 5. The van der Waals surface area contributed by atoms with Crippen molar-refractivity contribution in [1.82, 2.24) is 20.1 Å². The molecule has 2 heterocycles. The van der Waals surface area contributed by atoms with Gasteiger partial charge in [0, 0.05) is 38.8 Å². The van der Waals surface area contributed by atoms with Crippen LogP contribution >= 0.6 is 11.3 Å². The van der Waals surface area contributed by atoms with Gasteiger partial charge in [-0.3, -0.25) is 14.9 Å². The van der Waals surface area contributed by atoms with Crippen LogP contribution in [0.4, 0.5) is 25.2 Å². The normalized spacial score (nSPS) is 13.8. The molecule has 2 aromatic rings. The number of rotatable bonds is 7. The Labute approximate surface area is 284 Å². The third kappa shape index (κ3) is 12.5. The van der Waals surface area contributed by atoms with Crippen LogP contribution in [0.3, 0.4) is 0 Å². The van der Waals surface area contributed by atoms with E-state index < -0.39 is 29.5 Å². The monoisotopic (exact) mass is 687 g/mol. The number of alkyl carbamates (subject to hydrolysis) is 1. The van der Waals surface area contributed by atoms with E-state index in [9.17, 15) is 24.0 Å². The fourth-order valence-electron chi connectivity index (χ4n) is 4.36. The fourth-order valence-corrected chi connectivity index (χ4v) is 5.39. The van der Waals surface area contributed by atoms with Gasteiger partial charge >= 0.3 is 18.3 Å². The Morgan fingerprint density at radius 2 is 1.48 bits per heavy atom. The molecule has 5 amide bonds. The lowest BCUT2D eigenvalue weighted by molar-refractivity contribution is -0.114. The van der Waals surface area contributed by atoms with Crippen molar-refractivity contribution in [1.29, 1.82) is 0 Å².